The Morgan fingerprint density at radius 2 is 1.97 bits per heavy atom. The lowest BCUT2D eigenvalue weighted by molar-refractivity contribution is -0.130. The van der Waals surface area contributed by atoms with Gasteiger partial charge in [-0.25, -0.2) is 5.01 Å². The van der Waals surface area contributed by atoms with Crippen molar-refractivity contribution >= 4 is 23.4 Å². The third-order valence-electron chi connectivity index (χ3n) is 6.16. The number of furan rings is 1. The van der Waals surface area contributed by atoms with Crippen LogP contribution >= 0.6 is 11.8 Å². The molecule has 0 saturated heterocycles. The maximum atomic E-state index is 13.2. The summed E-state index contributed by atoms with van der Waals surface area (Å²) in [7, 11) is 1.63. The van der Waals surface area contributed by atoms with Gasteiger partial charge in [-0.3, -0.25) is 4.79 Å². The van der Waals surface area contributed by atoms with Gasteiger partial charge < -0.3 is 13.6 Å². The molecule has 1 amide bonds. The molecule has 0 unspecified atom stereocenters. The number of hydrogen-bond donors (Lipinski definition) is 0. The van der Waals surface area contributed by atoms with Crippen molar-refractivity contribution in [2.45, 2.75) is 55.7 Å². The van der Waals surface area contributed by atoms with E-state index in [1.54, 1.807) is 13.4 Å². The predicted molar refractivity (Wildman–Crippen MR) is 123 cm³/mol. The van der Waals surface area contributed by atoms with Crippen LogP contribution in [0.2, 0.25) is 0 Å². The number of ether oxygens (including phenoxy) is 1. The number of carbonyl (C=O) groups excluding carboxylic acids is 1. The van der Waals surface area contributed by atoms with Crippen molar-refractivity contribution in [2.75, 3.05) is 12.9 Å². The molecule has 2 aliphatic rings. The standard InChI is InChI=1S/C24H26N4O4S/c1-30-18-11-9-16(10-12-18)19-14-20(21-8-5-13-31-21)28(27-19)22(29)15-33-24-26-25-23(32-24)17-6-3-2-4-7-17/h5,8-13,17,20H,2-4,6-7,14-15H2,1H3/t20-/m0/s1. The minimum atomic E-state index is -0.286. The average Bonchev–Trinajstić information content (AvgIpc) is 3.64. The molecular formula is C24H26N4O4S. The normalized spacial score (nSPS) is 19.0. The first-order valence-corrected chi connectivity index (χ1v) is 12.2. The zero-order valence-corrected chi connectivity index (χ0v) is 19.3. The number of benzene rings is 1. The molecule has 0 spiro atoms. The molecular weight excluding hydrogens is 440 g/mol. The topological polar surface area (TPSA) is 94.0 Å². The summed E-state index contributed by atoms with van der Waals surface area (Å²) < 4.78 is 16.7. The van der Waals surface area contributed by atoms with Crippen LogP contribution in [-0.4, -0.2) is 39.7 Å². The van der Waals surface area contributed by atoms with E-state index >= 15 is 0 Å². The zero-order chi connectivity index (χ0) is 22.6. The fraction of sp³-hybridized carbons (Fsp3) is 0.417. The maximum absolute atomic E-state index is 13.2. The smallest absolute Gasteiger partial charge is 0.277 e. The molecule has 1 fully saturated rings. The number of hydrazone groups is 1. The van der Waals surface area contributed by atoms with Gasteiger partial charge in [-0.15, -0.1) is 10.2 Å². The summed E-state index contributed by atoms with van der Waals surface area (Å²) in [6, 6.07) is 11.1. The van der Waals surface area contributed by atoms with Crippen LogP contribution in [0.15, 0.2) is 61.8 Å². The monoisotopic (exact) mass is 466 g/mol. The van der Waals surface area contributed by atoms with Gasteiger partial charge in [0.15, 0.2) is 0 Å². The van der Waals surface area contributed by atoms with Crippen molar-refractivity contribution in [3.8, 4) is 5.75 Å². The molecule has 1 atom stereocenters. The van der Waals surface area contributed by atoms with Gasteiger partial charge in [0.1, 0.15) is 17.6 Å². The van der Waals surface area contributed by atoms with Crippen molar-refractivity contribution in [1.29, 1.82) is 0 Å². The number of rotatable bonds is 7. The van der Waals surface area contributed by atoms with E-state index < -0.39 is 0 Å². The third kappa shape index (κ3) is 4.83. The van der Waals surface area contributed by atoms with Gasteiger partial charge in [0, 0.05) is 12.3 Å². The van der Waals surface area contributed by atoms with Gasteiger partial charge in [-0.1, -0.05) is 31.0 Å². The van der Waals surface area contributed by atoms with E-state index in [9.17, 15) is 4.79 Å². The lowest BCUT2D eigenvalue weighted by atomic mass is 9.89. The highest BCUT2D eigenvalue weighted by molar-refractivity contribution is 7.99. The van der Waals surface area contributed by atoms with Crippen molar-refractivity contribution in [3.05, 3.63) is 59.9 Å². The first-order chi connectivity index (χ1) is 16.2. The van der Waals surface area contributed by atoms with Crippen LogP contribution < -0.4 is 4.74 Å². The molecule has 3 heterocycles. The van der Waals surface area contributed by atoms with Gasteiger partial charge in [-0.05, 0) is 54.8 Å². The minimum Gasteiger partial charge on any atom is -0.497 e. The molecule has 1 aromatic carbocycles. The molecule has 2 aromatic heterocycles. The molecule has 9 heteroatoms. The number of thioether (sulfide) groups is 1. The van der Waals surface area contributed by atoms with Crippen LogP contribution in [0, 0.1) is 0 Å². The molecule has 0 bridgehead atoms. The second kappa shape index (κ2) is 9.82. The number of hydrogen-bond acceptors (Lipinski definition) is 8. The Labute approximate surface area is 196 Å². The Morgan fingerprint density at radius 3 is 2.70 bits per heavy atom. The van der Waals surface area contributed by atoms with Gasteiger partial charge in [0.05, 0.1) is 24.8 Å². The third-order valence-corrected chi connectivity index (χ3v) is 6.96. The second-order valence-corrected chi connectivity index (χ2v) is 9.21. The summed E-state index contributed by atoms with van der Waals surface area (Å²) in [6.45, 7) is 0. The maximum Gasteiger partial charge on any atom is 0.277 e. The highest BCUT2D eigenvalue weighted by Crippen LogP contribution is 2.35. The van der Waals surface area contributed by atoms with Crippen LogP contribution in [0.3, 0.4) is 0 Å². The number of amides is 1. The summed E-state index contributed by atoms with van der Waals surface area (Å²) >= 11 is 1.25. The molecule has 172 valence electrons. The summed E-state index contributed by atoms with van der Waals surface area (Å²) in [5.74, 6) is 2.54. The van der Waals surface area contributed by atoms with Crippen LogP contribution in [0.25, 0.3) is 0 Å². The fourth-order valence-electron chi connectivity index (χ4n) is 4.38. The van der Waals surface area contributed by atoms with Gasteiger partial charge in [0.2, 0.25) is 5.89 Å². The lowest BCUT2D eigenvalue weighted by Crippen LogP contribution is -2.28. The predicted octanol–water partition coefficient (Wildman–Crippen LogP) is 5.19. The number of aromatic nitrogens is 2. The summed E-state index contributed by atoms with van der Waals surface area (Å²) in [4.78, 5) is 13.2. The SMILES string of the molecule is COc1ccc(C2=NN(C(=O)CSc3nnc(C4CCCCC4)o3)[C@H](c3ccco3)C2)cc1. The highest BCUT2D eigenvalue weighted by Gasteiger charge is 2.35. The molecule has 0 radical (unpaired) electrons. The Hall–Kier alpha value is -3.07. The minimum absolute atomic E-state index is 0.137. The molecule has 8 nitrogen and oxygen atoms in total. The average molecular weight is 467 g/mol. The van der Waals surface area contributed by atoms with E-state index in [0.29, 0.717) is 29.2 Å². The largest absolute Gasteiger partial charge is 0.497 e. The van der Waals surface area contributed by atoms with Gasteiger partial charge in [-0.2, -0.15) is 5.10 Å². The van der Waals surface area contributed by atoms with E-state index in [1.165, 1.54) is 36.0 Å². The summed E-state index contributed by atoms with van der Waals surface area (Å²) in [5, 5.41) is 15.0. The molecule has 1 aliphatic heterocycles. The van der Waals surface area contributed by atoms with E-state index in [-0.39, 0.29) is 17.7 Å². The van der Waals surface area contributed by atoms with Crippen molar-refractivity contribution in [2.24, 2.45) is 5.10 Å². The molecule has 5 rings (SSSR count). The second-order valence-electron chi connectivity index (χ2n) is 8.28. The number of nitrogens with zero attached hydrogens (tertiary/aromatic N) is 4. The van der Waals surface area contributed by atoms with Crippen LogP contribution in [0.5, 0.6) is 5.75 Å². The van der Waals surface area contributed by atoms with Crippen molar-refractivity contribution in [3.63, 3.8) is 0 Å². The lowest BCUT2D eigenvalue weighted by Gasteiger charge is -2.19. The Kier molecular flexibility index (Phi) is 6.48. The quantitative estimate of drug-likeness (QED) is 0.442. The molecule has 3 aromatic rings. The van der Waals surface area contributed by atoms with E-state index in [0.717, 1.165) is 29.9 Å². The highest BCUT2D eigenvalue weighted by atomic mass is 32.2. The summed E-state index contributed by atoms with van der Waals surface area (Å²) in [6.07, 6.45) is 8.04. The first kappa shape index (κ1) is 21.8. The Morgan fingerprint density at radius 1 is 1.15 bits per heavy atom. The van der Waals surface area contributed by atoms with Crippen LogP contribution in [-0.2, 0) is 4.79 Å². The number of methoxy groups -OCH3 is 1. The molecule has 33 heavy (non-hydrogen) atoms. The van der Waals surface area contributed by atoms with E-state index in [1.807, 2.05) is 36.4 Å². The molecule has 0 N–H and O–H groups in total. The van der Waals surface area contributed by atoms with E-state index in [2.05, 4.69) is 15.3 Å². The first-order valence-electron chi connectivity index (χ1n) is 11.2. The van der Waals surface area contributed by atoms with Crippen molar-refractivity contribution < 1.29 is 18.4 Å². The summed E-state index contributed by atoms with van der Waals surface area (Å²) in [5.41, 5.74) is 1.78. The van der Waals surface area contributed by atoms with Crippen LogP contribution in [0.4, 0.5) is 0 Å². The Balaban J connectivity index is 1.29. The van der Waals surface area contributed by atoms with Crippen molar-refractivity contribution in [1.82, 2.24) is 15.2 Å². The fourth-order valence-corrected chi connectivity index (χ4v) is 5.01. The Bertz CT molecular complexity index is 1100. The number of carbonyl (C=O) groups is 1. The van der Waals surface area contributed by atoms with Gasteiger partial charge in [0.25, 0.3) is 11.1 Å². The molecule has 1 saturated carbocycles. The van der Waals surface area contributed by atoms with E-state index in [4.69, 9.17) is 13.6 Å². The molecule has 1 aliphatic carbocycles. The zero-order valence-electron chi connectivity index (χ0n) is 18.5. The van der Waals surface area contributed by atoms with Gasteiger partial charge >= 0.3 is 0 Å². The van der Waals surface area contributed by atoms with Crippen LogP contribution in [0.1, 0.15) is 67.7 Å².